The molecule has 0 spiro atoms. The first kappa shape index (κ1) is 18.9. The number of nitrogens with one attached hydrogen (secondary N) is 1. The zero-order chi connectivity index (χ0) is 17.0. The third-order valence-electron chi connectivity index (χ3n) is 3.82. The van der Waals surface area contributed by atoms with Crippen molar-refractivity contribution in [2.24, 2.45) is 5.92 Å². The highest BCUT2D eigenvalue weighted by atomic mass is 32.2. The summed E-state index contributed by atoms with van der Waals surface area (Å²) < 4.78 is 29.9. The van der Waals surface area contributed by atoms with Gasteiger partial charge in [-0.25, -0.2) is 17.5 Å². The van der Waals surface area contributed by atoms with Crippen LogP contribution in [0.1, 0.15) is 26.7 Å². The molecule has 2 unspecified atom stereocenters. The minimum absolute atomic E-state index is 0.0160. The molecule has 22 heavy (non-hydrogen) atoms. The van der Waals surface area contributed by atoms with E-state index in [1.807, 2.05) is 0 Å². The van der Waals surface area contributed by atoms with Crippen LogP contribution in [0.15, 0.2) is 0 Å². The molecular formula is C13H24N2O6S. The van der Waals surface area contributed by atoms with E-state index in [0.717, 1.165) is 0 Å². The van der Waals surface area contributed by atoms with Crippen LogP contribution in [0.5, 0.6) is 0 Å². The Labute approximate surface area is 130 Å². The van der Waals surface area contributed by atoms with E-state index < -0.39 is 33.4 Å². The zero-order valence-corrected chi connectivity index (χ0v) is 14.0. The van der Waals surface area contributed by atoms with E-state index in [0.29, 0.717) is 19.4 Å². The Bertz CT molecular complexity index is 521. The van der Waals surface area contributed by atoms with Gasteiger partial charge in [-0.15, -0.1) is 0 Å². The van der Waals surface area contributed by atoms with Gasteiger partial charge in [-0.05, 0) is 26.7 Å². The molecule has 1 amide bonds. The molecule has 0 bridgehead atoms. The summed E-state index contributed by atoms with van der Waals surface area (Å²) in [5.41, 5.74) is -1.53. The van der Waals surface area contributed by atoms with Gasteiger partial charge in [-0.1, -0.05) is 0 Å². The van der Waals surface area contributed by atoms with Crippen LogP contribution in [0.3, 0.4) is 0 Å². The van der Waals surface area contributed by atoms with Crippen molar-refractivity contribution < 1.29 is 27.9 Å². The molecule has 0 saturated carbocycles. The summed E-state index contributed by atoms with van der Waals surface area (Å²) in [4.78, 5) is 23.6. The molecule has 1 rings (SSSR count). The largest absolute Gasteiger partial charge is 0.479 e. The highest BCUT2D eigenvalue weighted by molar-refractivity contribution is 7.89. The monoisotopic (exact) mass is 336 g/mol. The van der Waals surface area contributed by atoms with Gasteiger partial charge in [-0.3, -0.25) is 4.79 Å². The first-order valence-corrected chi connectivity index (χ1v) is 8.79. The molecule has 1 fully saturated rings. The van der Waals surface area contributed by atoms with Crippen LogP contribution in [-0.2, 0) is 24.3 Å². The fraction of sp³-hybridized carbons (Fsp3) is 0.846. The quantitative estimate of drug-likeness (QED) is 0.657. The second-order valence-electron chi connectivity index (χ2n) is 5.66. The first-order valence-electron chi connectivity index (χ1n) is 7.18. The Balaban J connectivity index is 2.79. The molecule has 2 atom stereocenters. The van der Waals surface area contributed by atoms with Gasteiger partial charge in [0, 0.05) is 20.2 Å². The fourth-order valence-corrected chi connectivity index (χ4v) is 3.59. The molecule has 9 heteroatoms. The summed E-state index contributed by atoms with van der Waals surface area (Å²) >= 11 is 0. The van der Waals surface area contributed by atoms with Crippen LogP contribution in [0.4, 0.5) is 0 Å². The van der Waals surface area contributed by atoms with Crippen molar-refractivity contribution in [3.63, 3.8) is 0 Å². The number of carbonyl (C=O) groups is 2. The van der Waals surface area contributed by atoms with E-state index in [-0.39, 0.29) is 18.9 Å². The summed E-state index contributed by atoms with van der Waals surface area (Å²) in [6.45, 7) is 3.23. The van der Waals surface area contributed by atoms with E-state index >= 15 is 0 Å². The number of methoxy groups -OCH3 is 1. The normalized spacial score (nSPS) is 22.8. The Hall–Kier alpha value is -1.19. The van der Waals surface area contributed by atoms with Gasteiger partial charge < -0.3 is 15.2 Å². The van der Waals surface area contributed by atoms with E-state index in [9.17, 15) is 23.1 Å². The second kappa shape index (κ2) is 7.38. The number of amides is 1. The number of piperidine rings is 1. The Morgan fingerprint density at radius 3 is 2.59 bits per heavy atom. The van der Waals surface area contributed by atoms with E-state index in [1.165, 1.54) is 18.3 Å². The maximum absolute atomic E-state index is 12.3. The highest BCUT2D eigenvalue weighted by Crippen LogP contribution is 2.20. The molecule has 0 radical (unpaired) electrons. The Morgan fingerprint density at radius 1 is 1.45 bits per heavy atom. The Morgan fingerprint density at radius 2 is 2.09 bits per heavy atom. The second-order valence-corrected chi connectivity index (χ2v) is 7.91. The lowest BCUT2D eigenvalue weighted by Gasteiger charge is -2.33. The number of carboxylic acid groups (broad SMARTS) is 1. The van der Waals surface area contributed by atoms with Crippen molar-refractivity contribution in [3.8, 4) is 0 Å². The summed E-state index contributed by atoms with van der Waals surface area (Å²) in [7, 11) is -1.99. The molecule has 1 aliphatic rings. The average Bonchev–Trinajstić information content (AvgIpc) is 2.47. The number of carboxylic acids is 1. The van der Waals surface area contributed by atoms with Crippen LogP contribution in [-0.4, -0.2) is 67.8 Å². The van der Waals surface area contributed by atoms with Crippen molar-refractivity contribution in [1.82, 2.24) is 9.62 Å². The summed E-state index contributed by atoms with van der Waals surface area (Å²) in [6.07, 6.45) is 1.11. The molecule has 128 valence electrons. The SMILES string of the molecule is CCS(=O)(=O)N1CCCC(C(=O)NC(C)(COC)C(=O)O)C1. The van der Waals surface area contributed by atoms with Gasteiger partial charge in [0.05, 0.1) is 18.3 Å². The van der Waals surface area contributed by atoms with E-state index in [4.69, 9.17) is 4.74 Å². The van der Waals surface area contributed by atoms with Gasteiger partial charge >= 0.3 is 5.97 Å². The van der Waals surface area contributed by atoms with Crippen molar-refractivity contribution in [2.45, 2.75) is 32.2 Å². The summed E-state index contributed by atoms with van der Waals surface area (Å²) in [5.74, 6) is -2.22. The van der Waals surface area contributed by atoms with Gasteiger partial charge in [-0.2, -0.15) is 0 Å². The number of aliphatic carboxylic acids is 1. The number of ether oxygens (including phenoxy) is 1. The molecule has 8 nitrogen and oxygen atoms in total. The maximum Gasteiger partial charge on any atom is 0.331 e. The lowest BCUT2D eigenvalue weighted by atomic mass is 9.96. The maximum atomic E-state index is 12.3. The first-order chi connectivity index (χ1) is 10.2. The minimum atomic E-state index is -3.35. The molecule has 0 aromatic carbocycles. The van der Waals surface area contributed by atoms with Crippen molar-refractivity contribution in [1.29, 1.82) is 0 Å². The van der Waals surface area contributed by atoms with Crippen molar-refractivity contribution in [3.05, 3.63) is 0 Å². The minimum Gasteiger partial charge on any atom is -0.479 e. The lowest BCUT2D eigenvalue weighted by molar-refractivity contribution is -0.150. The third kappa shape index (κ3) is 4.40. The number of hydrogen-bond donors (Lipinski definition) is 2. The topological polar surface area (TPSA) is 113 Å². The van der Waals surface area contributed by atoms with Crippen LogP contribution in [0.25, 0.3) is 0 Å². The predicted molar refractivity (Wildman–Crippen MR) is 79.8 cm³/mol. The van der Waals surface area contributed by atoms with Gasteiger partial charge in [0.15, 0.2) is 5.54 Å². The highest BCUT2D eigenvalue weighted by Gasteiger charge is 2.38. The number of rotatable bonds is 7. The average molecular weight is 336 g/mol. The fourth-order valence-electron chi connectivity index (χ4n) is 2.41. The molecular weight excluding hydrogens is 312 g/mol. The Kier molecular flexibility index (Phi) is 6.33. The summed E-state index contributed by atoms with van der Waals surface area (Å²) in [6, 6.07) is 0. The van der Waals surface area contributed by atoms with Crippen molar-refractivity contribution >= 4 is 21.9 Å². The van der Waals surface area contributed by atoms with Gasteiger partial charge in [0.25, 0.3) is 0 Å². The van der Waals surface area contributed by atoms with Crippen LogP contribution in [0.2, 0.25) is 0 Å². The molecule has 2 N–H and O–H groups in total. The number of hydrogen-bond acceptors (Lipinski definition) is 5. The van der Waals surface area contributed by atoms with Crippen molar-refractivity contribution in [2.75, 3.05) is 32.6 Å². The molecule has 0 aromatic rings. The van der Waals surface area contributed by atoms with Gasteiger partial charge in [0.1, 0.15) is 0 Å². The number of nitrogens with zero attached hydrogens (tertiary/aromatic N) is 1. The van der Waals surface area contributed by atoms with Crippen LogP contribution >= 0.6 is 0 Å². The smallest absolute Gasteiger partial charge is 0.331 e. The number of carbonyl (C=O) groups excluding carboxylic acids is 1. The van der Waals surface area contributed by atoms with E-state index in [2.05, 4.69) is 5.32 Å². The standard InChI is InChI=1S/C13H24N2O6S/c1-4-22(19,20)15-7-5-6-10(8-15)11(16)14-13(2,9-21-3)12(17)18/h10H,4-9H2,1-3H3,(H,14,16)(H,17,18). The zero-order valence-electron chi connectivity index (χ0n) is 13.2. The van der Waals surface area contributed by atoms with Crippen LogP contribution in [0, 0.1) is 5.92 Å². The predicted octanol–water partition coefficient (Wildman–Crippen LogP) is -0.346. The molecule has 1 aliphatic heterocycles. The molecule has 0 aliphatic carbocycles. The number of sulfonamides is 1. The lowest BCUT2D eigenvalue weighted by Crippen LogP contribution is -2.58. The third-order valence-corrected chi connectivity index (χ3v) is 5.67. The summed E-state index contributed by atoms with van der Waals surface area (Å²) in [5, 5.41) is 11.7. The van der Waals surface area contributed by atoms with E-state index in [1.54, 1.807) is 6.92 Å². The molecule has 0 aromatic heterocycles. The van der Waals surface area contributed by atoms with Crippen LogP contribution < -0.4 is 5.32 Å². The van der Waals surface area contributed by atoms with Gasteiger partial charge in [0.2, 0.25) is 15.9 Å². The molecule has 1 heterocycles. The molecule has 1 saturated heterocycles.